The molecule has 1 fully saturated rings. The van der Waals surface area contributed by atoms with Gasteiger partial charge in [0.25, 0.3) is 5.91 Å². The maximum Gasteiger partial charge on any atom is 0.256 e. The van der Waals surface area contributed by atoms with Crippen LogP contribution in [0.25, 0.3) is 0 Å². The maximum absolute atomic E-state index is 13.3. The van der Waals surface area contributed by atoms with Crippen molar-refractivity contribution >= 4 is 5.91 Å². The number of hydrogen-bond acceptors (Lipinski definition) is 3. The number of nitrogens with zero attached hydrogens (tertiary/aromatic N) is 1. The first-order chi connectivity index (χ1) is 8.22. The van der Waals surface area contributed by atoms with Crippen molar-refractivity contribution in [3.63, 3.8) is 0 Å². The number of nitrogens with one attached hydrogen (secondary N) is 1. The van der Waals surface area contributed by atoms with E-state index in [2.05, 4.69) is 10.3 Å². The quantitative estimate of drug-likeness (QED) is 0.775. The van der Waals surface area contributed by atoms with Gasteiger partial charge in [-0.3, -0.25) is 4.79 Å². The fraction of sp³-hybridized carbons (Fsp3) is 0.500. The van der Waals surface area contributed by atoms with Crippen LogP contribution in [0.1, 0.15) is 29.6 Å². The van der Waals surface area contributed by atoms with Crippen molar-refractivity contribution in [3.05, 3.63) is 29.8 Å². The molecule has 2 atom stereocenters. The highest BCUT2D eigenvalue weighted by Crippen LogP contribution is 2.25. The zero-order valence-electron chi connectivity index (χ0n) is 9.40. The molecule has 2 rings (SSSR count). The molecule has 0 aliphatic heterocycles. The molecule has 1 heterocycles. The number of pyridine rings is 1. The largest absolute Gasteiger partial charge is 0.396 e. The SMILES string of the molecule is O=C(NC1CCCC1CO)c1cccnc1F. The average Bonchev–Trinajstić information content (AvgIpc) is 2.76. The molecule has 0 saturated heterocycles. The Balaban J connectivity index is 2.04. The van der Waals surface area contributed by atoms with E-state index >= 15 is 0 Å². The summed E-state index contributed by atoms with van der Waals surface area (Å²) in [6.07, 6.45) is 4.01. The maximum atomic E-state index is 13.3. The van der Waals surface area contributed by atoms with Crippen LogP contribution in [-0.2, 0) is 0 Å². The Labute approximate surface area is 98.9 Å². The number of aliphatic hydroxyl groups is 1. The lowest BCUT2D eigenvalue weighted by Gasteiger charge is -2.18. The van der Waals surface area contributed by atoms with Crippen LogP contribution in [0.15, 0.2) is 18.3 Å². The first-order valence-corrected chi connectivity index (χ1v) is 5.74. The van der Waals surface area contributed by atoms with Crippen molar-refractivity contribution in [1.29, 1.82) is 0 Å². The molecule has 1 aromatic heterocycles. The first-order valence-electron chi connectivity index (χ1n) is 5.74. The average molecular weight is 238 g/mol. The molecule has 0 radical (unpaired) electrons. The molecule has 0 bridgehead atoms. The van der Waals surface area contributed by atoms with E-state index in [4.69, 9.17) is 5.11 Å². The van der Waals surface area contributed by atoms with Crippen LogP contribution in [-0.4, -0.2) is 28.6 Å². The van der Waals surface area contributed by atoms with Crippen LogP contribution in [0, 0.1) is 11.9 Å². The Morgan fingerprint density at radius 2 is 2.41 bits per heavy atom. The summed E-state index contributed by atoms with van der Waals surface area (Å²) in [6.45, 7) is 0.0560. The Morgan fingerprint density at radius 1 is 1.59 bits per heavy atom. The Bertz CT molecular complexity index is 411. The summed E-state index contributed by atoms with van der Waals surface area (Å²) in [5.41, 5.74) is -0.0453. The molecule has 1 aliphatic rings. The van der Waals surface area contributed by atoms with Gasteiger partial charge in [0.2, 0.25) is 5.95 Å². The summed E-state index contributed by atoms with van der Waals surface area (Å²) in [6, 6.07) is 2.86. The van der Waals surface area contributed by atoms with Crippen molar-refractivity contribution < 1.29 is 14.3 Å². The molecule has 1 aromatic rings. The second-order valence-electron chi connectivity index (χ2n) is 4.30. The predicted octanol–water partition coefficient (Wildman–Crippen LogP) is 1.11. The number of carbonyl (C=O) groups excluding carboxylic acids is 1. The summed E-state index contributed by atoms with van der Waals surface area (Å²) in [5.74, 6) is -1.14. The van der Waals surface area contributed by atoms with Crippen LogP contribution in [0.5, 0.6) is 0 Å². The topological polar surface area (TPSA) is 62.2 Å². The van der Waals surface area contributed by atoms with Crippen LogP contribution >= 0.6 is 0 Å². The molecular weight excluding hydrogens is 223 g/mol. The molecule has 1 saturated carbocycles. The van der Waals surface area contributed by atoms with Crippen LogP contribution in [0.4, 0.5) is 4.39 Å². The highest BCUT2D eigenvalue weighted by molar-refractivity contribution is 5.94. The number of rotatable bonds is 3. The smallest absolute Gasteiger partial charge is 0.256 e. The highest BCUT2D eigenvalue weighted by atomic mass is 19.1. The van der Waals surface area contributed by atoms with Crippen molar-refractivity contribution in [2.24, 2.45) is 5.92 Å². The van der Waals surface area contributed by atoms with Gasteiger partial charge >= 0.3 is 0 Å². The van der Waals surface area contributed by atoms with Gasteiger partial charge in [0, 0.05) is 24.8 Å². The normalized spacial score (nSPS) is 23.6. The van der Waals surface area contributed by atoms with Gasteiger partial charge in [-0.1, -0.05) is 6.42 Å². The van der Waals surface area contributed by atoms with E-state index in [9.17, 15) is 9.18 Å². The Hall–Kier alpha value is -1.49. The van der Waals surface area contributed by atoms with Gasteiger partial charge in [0.15, 0.2) is 0 Å². The molecule has 2 unspecified atom stereocenters. The summed E-state index contributed by atoms with van der Waals surface area (Å²) in [4.78, 5) is 15.2. The van der Waals surface area contributed by atoms with Gasteiger partial charge in [-0.25, -0.2) is 4.98 Å². The molecule has 17 heavy (non-hydrogen) atoms. The summed E-state index contributed by atoms with van der Waals surface area (Å²) < 4.78 is 13.3. The molecular formula is C12H15FN2O2. The van der Waals surface area contributed by atoms with Gasteiger partial charge in [0.05, 0.1) is 5.56 Å². The van der Waals surface area contributed by atoms with Crippen molar-refractivity contribution in [2.45, 2.75) is 25.3 Å². The Morgan fingerprint density at radius 3 is 3.12 bits per heavy atom. The minimum absolute atomic E-state index is 0.0453. The second-order valence-corrected chi connectivity index (χ2v) is 4.30. The molecule has 4 nitrogen and oxygen atoms in total. The zero-order chi connectivity index (χ0) is 12.3. The van der Waals surface area contributed by atoms with Crippen molar-refractivity contribution in [3.8, 4) is 0 Å². The summed E-state index contributed by atoms with van der Waals surface area (Å²) >= 11 is 0. The number of aromatic nitrogens is 1. The molecule has 0 spiro atoms. The number of carbonyl (C=O) groups is 1. The van der Waals surface area contributed by atoms with Gasteiger partial charge in [-0.15, -0.1) is 0 Å². The summed E-state index contributed by atoms with van der Waals surface area (Å²) in [7, 11) is 0. The van der Waals surface area contributed by atoms with Crippen LogP contribution in [0.2, 0.25) is 0 Å². The third-order valence-corrected chi connectivity index (χ3v) is 3.21. The van der Waals surface area contributed by atoms with Gasteiger partial charge in [-0.05, 0) is 25.0 Å². The third kappa shape index (κ3) is 2.61. The van der Waals surface area contributed by atoms with Crippen molar-refractivity contribution in [2.75, 3.05) is 6.61 Å². The number of halogens is 1. The van der Waals surface area contributed by atoms with Crippen LogP contribution in [0.3, 0.4) is 0 Å². The summed E-state index contributed by atoms with van der Waals surface area (Å²) in [5, 5.41) is 11.9. The number of amides is 1. The van der Waals surface area contributed by atoms with E-state index in [-0.39, 0.29) is 24.1 Å². The van der Waals surface area contributed by atoms with E-state index in [1.54, 1.807) is 0 Å². The minimum Gasteiger partial charge on any atom is -0.396 e. The second kappa shape index (κ2) is 5.23. The van der Waals surface area contributed by atoms with E-state index in [1.807, 2.05) is 0 Å². The standard InChI is InChI=1S/C12H15FN2O2/c13-11-9(4-2-6-14-11)12(17)15-10-5-1-3-8(10)7-16/h2,4,6,8,10,16H,1,3,5,7H2,(H,15,17). The lowest BCUT2D eigenvalue weighted by atomic mass is 10.0. The molecule has 1 amide bonds. The Kier molecular flexibility index (Phi) is 3.68. The van der Waals surface area contributed by atoms with Gasteiger partial charge in [-0.2, -0.15) is 4.39 Å². The monoisotopic (exact) mass is 238 g/mol. The lowest BCUT2D eigenvalue weighted by Crippen LogP contribution is -2.38. The molecule has 2 N–H and O–H groups in total. The first kappa shape index (κ1) is 12.0. The zero-order valence-corrected chi connectivity index (χ0v) is 9.40. The van der Waals surface area contributed by atoms with E-state index in [0.717, 1.165) is 19.3 Å². The predicted molar refractivity (Wildman–Crippen MR) is 59.9 cm³/mol. The minimum atomic E-state index is -0.761. The van der Waals surface area contributed by atoms with Gasteiger partial charge in [0.1, 0.15) is 0 Å². The molecule has 92 valence electrons. The fourth-order valence-corrected chi connectivity index (χ4v) is 2.25. The van der Waals surface area contributed by atoms with E-state index < -0.39 is 11.9 Å². The molecule has 1 aliphatic carbocycles. The number of hydrogen-bond donors (Lipinski definition) is 2. The van der Waals surface area contributed by atoms with E-state index in [0.29, 0.717) is 0 Å². The van der Waals surface area contributed by atoms with Crippen molar-refractivity contribution in [1.82, 2.24) is 10.3 Å². The van der Waals surface area contributed by atoms with Crippen LogP contribution < -0.4 is 5.32 Å². The fourth-order valence-electron chi connectivity index (χ4n) is 2.25. The number of aliphatic hydroxyl groups excluding tert-OH is 1. The lowest BCUT2D eigenvalue weighted by molar-refractivity contribution is 0.0911. The highest BCUT2D eigenvalue weighted by Gasteiger charge is 2.28. The van der Waals surface area contributed by atoms with Gasteiger partial charge < -0.3 is 10.4 Å². The molecule has 5 heteroatoms. The third-order valence-electron chi connectivity index (χ3n) is 3.21. The van der Waals surface area contributed by atoms with E-state index in [1.165, 1.54) is 18.3 Å². The molecule has 0 aromatic carbocycles.